The molecule has 2 aromatic rings. The first-order valence-electron chi connectivity index (χ1n) is 8.58. The Bertz CT molecular complexity index is 743. The third kappa shape index (κ3) is 3.73. The number of benzene rings is 2. The van der Waals surface area contributed by atoms with Crippen molar-refractivity contribution >= 4 is 23.2 Å². The minimum absolute atomic E-state index is 0.223. The molecule has 1 fully saturated rings. The Kier molecular flexibility index (Phi) is 4.38. The Morgan fingerprint density at radius 2 is 1.00 bits per heavy atom. The van der Waals surface area contributed by atoms with E-state index in [4.69, 9.17) is 0 Å². The van der Waals surface area contributed by atoms with Gasteiger partial charge in [0, 0.05) is 11.4 Å². The van der Waals surface area contributed by atoms with E-state index in [2.05, 4.69) is 22.8 Å². The fourth-order valence-electron chi connectivity index (χ4n) is 3.28. The van der Waals surface area contributed by atoms with E-state index in [9.17, 15) is 9.59 Å². The molecule has 0 unspecified atom stereocenters. The summed E-state index contributed by atoms with van der Waals surface area (Å²) in [5.74, 6) is -0.446. The van der Waals surface area contributed by atoms with E-state index in [0.29, 0.717) is 12.8 Å². The second-order valence-corrected chi connectivity index (χ2v) is 7.24. The average molecular weight is 336 g/mol. The first-order chi connectivity index (χ1) is 11.8. The molecule has 2 aromatic carbocycles. The molecule has 0 spiro atoms. The smallest absolute Gasteiger partial charge is 0.240 e. The molecular formula is C21H24N2O2. The molecule has 130 valence electrons. The maximum Gasteiger partial charge on any atom is 0.240 e. The van der Waals surface area contributed by atoms with Crippen molar-refractivity contribution < 1.29 is 9.59 Å². The largest absolute Gasteiger partial charge is 0.325 e. The summed E-state index contributed by atoms with van der Waals surface area (Å²) in [5.41, 5.74) is 4.87. The lowest BCUT2D eigenvalue weighted by Gasteiger charge is -2.16. The van der Waals surface area contributed by atoms with Crippen molar-refractivity contribution in [3.05, 3.63) is 58.7 Å². The van der Waals surface area contributed by atoms with Crippen molar-refractivity contribution in [3.8, 4) is 0 Å². The van der Waals surface area contributed by atoms with E-state index in [1.54, 1.807) is 0 Å². The van der Waals surface area contributed by atoms with Gasteiger partial charge >= 0.3 is 0 Å². The summed E-state index contributed by atoms with van der Waals surface area (Å²) in [6, 6.07) is 11.8. The van der Waals surface area contributed by atoms with Gasteiger partial charge in [-0.05, 0) is 87.1 Å². The molecule has 25 heavy (non-hydrogen) atoms. The third-order valence-corrected chi connectivity index (χ3v) is 4.58. The number of aryl methyl sites for hydroxylation is 4. The summed E-state index contributed by atoms with van der Waals surface area (Å²) >= 11 is 0. The highest BCUT2D eigenvalue weighted by Crippen LogP contribution is 2.47. The zero-order valence-electron chi connectivity index (χ0n) is 15.2. The fraction of sp³-hybridized carbons (Fsp3) is 0.333. The molecule has 1 aliphatic rings. The highest BCUT2D eigenvalue weighted by atomic mass is 16.2. The number of carbonyl (C=O) groups excluding carboxylic acids is 2. The van der Waals surface area contributed by atoms with Crippen LogP contribution in [0.5, 0.6) is 0 Å². The first kappa shape index (κ1) is 17.2. The van der Waals surface area contributed by atoms with Gasteiger partial charge in [-0.3, -0.25) is 9.59 Å². The van der Waals surface area contributed by atoms with Crippen molar-refractivity contribution in [3.63, 3.8) is 0 Å². The van der Waals surface area contributed by atoms with E-state index in [1.807, 2.05) is 52.0 Å². The highest BCUT2D eigenvalue weighted by Gasteiger charge is 2.56. The van der Waals surface area contributed by atoms with Crippen LogP contribution in [0.3, 0.4) is 0 Å². The number of amides is 2. The standard InChI is InChI=1S/C21H24N2O2/c1-13-7-14(2)10-17(9-13)22-19(24)21(5-6-21)20(25)23-18-11-15(3)8-16(4)12-18/h7-12H,5-6H2,1-4H3,(H,22,24)(H,23,25). The second-order valence-electron chi connectivity index (χ2n) is 7.24. The molecule has 0 atom stereocenters. The molecule has 3 rings (SSSR count). The summed E-state index contributed by atoms with van der Waals surface area (Å²) in [5, 5.41) is 5.83. The molecule has 1 saturated carbocycles. The lowest BCUT2D eigenvalue weighted by Crippen LogP contribution is -2.35. The maximum absolute atomic E-state index is 12.7. The van der Waals surface area contributed by atoms with E-state index in [-0.39, 0.29) is 11.8 Å². The SMILES string of the molecule is Cc1cc(C)cc(NC(=O)C2(C(=O)Nc3cc(C)cc(C)c3)CC2)c1. The van der Waals surface area contributed by atoms with Crippen LogP contribution in [-0.4, -0.2) is 11.8 Å². The van der Waals surface area contributed by atoms with Crippen LogP contribution in [0.1, 0.15) is 35.1 Å². The van der Waals surface area contributed by atoms with Gasteiger partial charge in [0.15, 0.2) is 0 Å². The summed E-state index contributed by atoms with van der Waals surface area (Å²) in [6.45, 7) is 7.95. The van der Waals surface area contributed by atoms with Crippen LogP contribution in [0.15, 0.2) is 36.4 Å². The summed E-state index contributed by atoms with van der Waals surface area (Å²) in [4.78, 5) is 25.4. The molecule has 0 aliphatic heterocycles. The molecular weight excluding hydrogens is 312 g/mol. The summed E-state index contributed by atoms with van der Waals surface area (Å²) in [6.07, 6.45) is 1.17. The van der Waals surface area contributed by atoms with Crippen molar-refractivity contribution in [2.45, 2.75) is 40.5 Å². The molecule has 0 aromatic heterocycles. The van der Waals surface area contributed by atoms with E-state index < -0.39 is 5.41 Å². The molecule has 4 nitrogen and oxygen atoms in total. The highest BCUT2D eigenvalue weighted by molar-refractivity contribution is 6.16. The van der Waals surface area contributed by atoms with E-state index >= 15 is 0 Å². The summed E-state index contributed by atoms with van der Waals surface area (Å²) in [7, 11) is 0. The molecule has 0 heterocycles. The normalized spacial score (nSPS) is 14.7. The zero-order chi connectivity index (χ0) is 18.2. The predicted molar refractivity (Wildman–Crippen MR) is 101 cm³/mol. The van der Waals surface area contributed by atoms with Crippen LogP contribution < -0.4 is 10.6 Å². The number of rotatable bonds is 4. The lowest BCUT2D eigenvalue weighted by atomic mass is 10.0. The van der Waals surface area contributed by atoms with Gasteiger partial charge in [-0.15, -0.1) is 0 Å². The Morgan fingerprint density at radius 1 is 0.680 bits per heavy atom. The first-order valence-corrected chi connectivity index (χ1v) is 8.58. The van der Waals surface area contributed by atoms with Crippen LogP contribution >= 0.6 is 0 Å². The van der Waals surface area contributed by atoms with Crippen LogP contribution in [0.25, 0.3) is 0 Å². The molecule has 1 aliphatic carbocycles. The lowest BCUT2D eigenvalue weighted by molar-refractivity contribution is -0.131. The number of anilines is 2. The minimum Gasteiger partial charge on any atom is -0.325 e. The Morgan fingerprint density at radius 3 is 1.28 bits per heavy atom. The molecule has 0 radical (unpaired) electrons. The quantitative estimate of drug-likeness (QED) is 0.819. The van der Waals surface area contributed by atoms with Gasteiger partial charge < -0.3 is 10.6 Å². The topological polar surface area (TPSA) is 58.2 Å². The van der Waals surface area contributed by atoms with Gasteiger partial charge in [0.2, 0.25) is 11.8 Å². The monoisotopic (exact) mass is 336 g/mol. The number of hydrogen-bond acceptors (Lipinski definition) is 2. The molecule has 0 bridgehead atoms. The zero-order valence-corrected chi connectivity index (χ0v) is 15.2. The third-order valence-electron chi connectivity index (χ3n) is 4.58. The van der Waals surface area contributed by atoms with Crippen LogP contribution in [-0.2, 0) is 9.59 Å². The van der Waals surface area contributed by atoms with Crippen molar-refractivity contribution in [1.29, 1.82) is 0 Å². The van der Waals surface area contributed by atoms with Crippen LogP contribution in [0.2, 0.25) is 0 Å². The molecule has 0 saturated heterocycles. The van der Waals surface area contributed by atoms with Gasteiger partial charge in [-0.2, -0.15) is 0 Å². The van der Waals surface area contributed by atoms with Crippen molar-refractivity contribution in [2.75, 3.05) is 10.6 Å². The van der Waals surface area contributed by atoms with Gasteiger partial charge in [0.25, 0.3) is 0 Å². The maximum atomic E-state index is 12.7. The van der Waals surface area contributed by atoms with E-state index in [1.165, 1.54) is 0 Å². The van der Waals surface area contributed by atoms with Crippen LogP contribution in [0, 0.1) is 33.1 Å². The van der Waals surface area contributed by atoms with Gasteiger partial charge in [-0.25, -0.2) is 0 Å². The Balaban J connectivity index is 1.74. The minimum atomic E-state index is -0.949. The number of nitrogens with one attached hydrogen (secondary N) is 2. The van der Waals surface area contributed by atoms with Crippen LogP contribution in [0.4, 0.5) is 11.4 Å². The number of hydrogen-bond donors (Lipinski definition) is 2. The number of carbonyl (C=O) groups is 2. The van der Waals surface area contributed by atoms with Crippen molar-refractivity contribution in [2.24, 2.45) is 5.41 Å². The van der Waals surface area contributed by atoms with Crippen molar-refractivity contribution in [1.82, 2.24) is 0 Å². The Labute approximate surface area is 148 Å². The van der Waals surface area contributed by atoms with Gasteiger partial charge in [-0.1, -0.05) is 12.1 Å². The predicted octanol–water partition coefficient (Wildman–Crippen LogP) is 4.28. The average Bonchev–Trinajstić information content (AvgIpc) is 3.26. The second kappa shape index (κ2) is 6.36. The fourth-order valence-corrected chi connectivity index (χ4v) is 3.28. The molecule has 4 heteroatoms. The molecule has 2 N–H and O–H groups in total. The Hall–Kier alpha value is -2.62. The van der Waals surface area contributed by atoms with E-state index in [0.717, 1.165) is 33.6 Å². The van der Waals surface area contributed by atoms with Gasteiger partial charge in [0.05, 0.1) is 0 Å². The summed E-state index contributed by atoms with van der Waals surface area (Å²) < 4.78 is 0. The van der Waals surface area contributed by atoms with Gasteiger partial charge in [0.1, 0.15) is 5.41 Å². The molecule has 2 amide bonds.